The number of rotatable bonds is 3. The van der Waals surface area contributed by atoms with Crippen LogP contribution < -0.4 is 4.74 Å². The first-order chi connectivity index (χ1) is 8.26. The monoisotopic (exact) mass is 231 g/mol. The van der Waals surface area contributed by atoms with Crippen LogP contribution in [0.1, 0.15) is 17.3 Å². The largest absolute Gasteiger partial charge is 0.497 e. The summed E-state index contributed by atoms with van der Waals surface area (Å²) in [5.74, 6) is 0.239. The van der Waals surface area contributed by atoms with Gasteiger partial charge in [-0.05, 0) is 25.1 Å². The third-order valence-corrected chi connectivity index (χ3v) is 2.41. The molecular formula is C13H13NO3. The van der Waals surface area contributed by atoms with Crippen LogP contribution >= 0.6 is 0 Å². The van der Waals surface area contributed by atoms with Gasteiger partial charge in [0.15, 0.2) is 0 Å². The molecule has 1 aromatic heterocycles. The average Bonchev–Trinajstić information content (AvgIpc) is 2.37. The number of benzene rings is 1. The van der Waals surface area contributed by atoms with E-state index in [4.69, 9.17) is 9.47 Å². The van der Waals surface area contributed by atoms with E-state index >= 15 is 0 Å². The number of fused-ring (bicyclic) bond motifs is 1. The molecule has 0 N–H and O–H groups in total. The molecule has 0 aliphatic carbocycles. The number of esters is 1. The first-order valence-corrected chi connectivity index (χ1v) is 5.36. The van der Waals surface area contributed by atoms with E-state index in [1.54, 1.807) is 26.3 Å². The Morgan fingerprint density at radius 2 is 2.24 bits per heavy atom. The van der Waals surface area contributed by atoms with E-state index in [0.717, 1.165) is 5.39 Å². The minimum atomic E-state index is -0.380. The molecule has 0 spiro atoms. The number of pyridine rings is 1. The number of aromatic nitrogens is 1. The summed E-state index contributed by atoms with van der Waals surface area (Å²) >= 11 is 0. The van der Waals surface area contributed by atoms with Crippen LogP contribution in [-0.2, 0) is 4.74 Å². The highest BCUT2D eigenvalue weighted by Crippen LogP contribution is 2.24. The first kappa shape index (κ1) is 11.4. The number of hydrogen-bond donors (Lipinski definition) is 0. The van der Waals surface area contributed by atoms with Crippen molar-refractivity contribution in [3.8, 4) is 5.75 Å². The summed E-state index contributed by atoms with van der Waals surface area (Å²) in [4.78, 5) is 16.0. The molecule has 0 amide bonds. The Balaban J connectivity index is 2.62. The third-order valence-electron chi connectivity index (χ3n) is 2.41. The lowest BCUT2D eigenvalue weighted by atomic mass is 10.1. The van der Waals surface area contributed by atoms with E-state index in [1.807, 2.05) is 18.2 Å². The van der Waals surface area contributed by atoms with Crippen LogP contribution in [0.5, 0.6) is 5.75 Å². The Bertz CT molecular complexity index is 551. The second-order valence-corrected chi connectivity index (χ2v) is 3.47. The maximum atomic E-state index is 11.8. The first-order valence-electron chi connectivity index (χ1n) is 5.36. The standard InChI is InChI=1S/C13H13NO3/c1-3-17-13(15)11-8-10(16-2)7-9-5-4-6-14-12(9)11/h4-8H,3H2,1-2H3. The fraction of sp³-hybridized carbons (Fsp3) is 0.231. The molecule has 0 fully saturated rings. The van der Waals surface area contributed by atoms with Gasteiger partial charge in [-0.25, -0.2) is 4.79 Å². The fourth-order valence-corrected chi connectivity index (χ4v) is 1.65. The molecule has 4 heteroatoms. The van der Waals surface area contributed by atoms with Gasteiger partial charge in [0.25, 0.3) is 0 Å². The number of methoxy groups -OCH3 is 1. The third kappa shape index (κ3) is 2.20. The van der Waals surface area contributed by atoms with Crippen LogP contribution in [0.4, 0.5) is 0 Å². The van der Waals surface area contributed by atoms with Crippen molar-refractivity contribution >= 4 is 16.9 Å². The van der Waals surface area contributed by atoms with Crippen LogP contribution in [0.3, 0.4) is 0 Å². The van der Waals surface area contributed by atoms with Gasteiger partial charge in [-0.1, -0.05) is 6.07 Å². The zero-order chi connectivity index (χ0) is 12.3. The summed E-state index contributed by atoms with van der Waals surface area (Å²) in [6, 6.07) is 7.18. The molecule has 0 saturated carbocycles. The van der Waals surface area contributed by atoms with Gasteiger partial charge in [-0.3, -0.25) is 4.98 Å². The number of nitrogens with zero attached hydrogens (tertiary/aromatic N) is 1. The van der Waals surface area contributed by atoms with Gasteiger partial charge in [0, 0.05) is 11.6 Å². The Morgan fingerprint density at radius 1 is 1.41 bits per heavy atom. The number of carbonyl (C=O) groups is 1. The highest BCUT2D eigenvalue weighted by molar-refractivity contribution is 6.03. The zero-order valence-corrected chi connectivity index (χ0v) is 9.77. The van der Waals surface area contributed by atoms with Crippen LogP contribution in [0.25, 0.3) is 10.9 Å². The van der Waals surface area contributed by atoms with E-state index in [2.05, 4.69) is 4.98 Å². The second-order valence-electron chi connectivity index (χ2n) is 3.47. The summed E-state index contributed by atoms with van der Waals surface area (Å²) in [5.41, 5.74) is 1.06. The van der Waals surface area contributed by atoms with Gasteiger partial charge in [0.2, 0.25) is 0 Å². The summed E-state index contributed by atoms with van der Waals surface area (Å²) in [5, 5.41) is 0.856. The Labute approximate surface area is 99.2 Å². The Morgan fingerprint density at radius 3 is 2.94 bits per heavy atom. The smallest absolute Gasteiger partial charge is 0.340 e. The molecule has 0 aliphatic heterocycles. The van der Waals surface area contributed by atoms with Crippen LogP contribution in [0, 0.1) is 0 Å². The average molecular weight is 231 g/mol. The second kappa shape index (κ2) is 4.82. The van der Waals surface area contributed by atoms with E-state index in [-0.39, 0.29) is 5.97 Å². The quantitative estimate of drug-likeness (QED) is 0.761. The molecule has 2 aromatic rings. The Kier molecular flexibility index (Phi) is 3.23. The van der Waals surface area contributed by atoms with Gasteiger partial charge in [0.05, 0.1) is 24.8 Å². The molecule has 17 heavy (non-hydrogen) atoms. The maximum absolute atomic E-state index is 11.8. The van der Waals surface area contributed by atoms with Crippen LogP contribution in [0.2, 0.25) is 0 Å². The van der Waals surface area contributed by atoms with Crippen molar-refractivity contribution in [1.29, 1.82) is 0 Å². The molecule has 4 nitrogen and oxygen atoms in total. The molecule has 0 aliphatic rings. The minimum absolute atomic E-state index is 0.338. The number of carbonyl (C=O) groups excluding carboxylic acids is 1. The summed E-state index contributed by atoms with van der Waals surface area (Å²) in [7, 11) is 1.56. The Hall–Kier alpha value is -2.10. The van der Waals surface area contributed by atoms with Crippen LogP contribution in [-0.4, -0.2) is 24.7 Å². The fourth-order valence-electron chi connectivity index (χ4n) is 1.65. The minimum Gasteiger partial charge on any atom is -0.497 e. The normalized spacial score (nSPS) is 10.2. The lowest BCUT2D eigenvalue weighted by molar-refractivity contribution is 0.0528. The highest BCUT2D eigenvalue weighted by Gasteiger charge is 2.13. The van der Waals surface area contributed by atoms with E-state index < -0.39 is 0 Å². The van der Waals surface area contributed by atoms with Gasteiger partial charge < -0.3 is 9.47 Å². The predicted molar refractivity (Wildman–Crippen MR) is 64.3 cm³/mol. The molecule has 1 aromatic carbocycles. The number of ether oxygens (including phenoxy) is 2. The van der Waals surface area contributed by atoms with E-state index in [1.165, 1.54) is 0 Å². The SMILES string of the molecule is CCOC(=O)c1cc(OC)cc2cccnc12. The van der Waals surface area contributed by atoms with Crippen molar-refractivity contribution in [2.45, 2.75) is 6.92 Å². The van der Waals surface area contributed by atoms with Crippen molar-refractivity contribution in [3.05, 3.63) is 36.0 Å². The summed E-state index contributed by atoms with van der Waals surface area (Å²) in [6.07, 6.45) is 1.65. The lowest BCUT2D eigenvalue weighted by Crippen LogP contribution is -2.06. The predicted octanol–water partition coefficient (Wildman–Crippen LogP) is 2.42. The maximum Gasteiger partial charge on any atom is 0.340 e. The van der Waals surface area contributed by atoms with Crippen LogP contribution in [0.15, 0.2) is 30.5 Å². The van der Waals surface area contributed by atoms with E-state index in [9.17, 15) is 4.79 Å². The molecule has 0 atom stereocenters. The number of hydrogen-bond acceptors (Lipinski definition) is 4. The molecule has 0 radical (unpaired) electrons. The molecule has 2 rings (SSSR count). The molecular weight excluding hydrogens is 218 g/mol. The zero-order valence-electron chi connectivity index (χ0n) is 9.77. The van der Waals surface area contributed by atoms with Gasteiger partial charge in [-0.15, -0.1) is 0 Å². The van der Waals surface area contributed by atoms with Gasteiger partial charge in [0.1, 0.15) is 5.75 Å². The summed E-state index contributed by atoms with van der Waals surface area (Å²) in [6.45, 7) is 2.11. The summed E-state index contributed by atoms with van der Waals surface area (Å²) < 4.78 is 10.2. The van der Waals surface area contributed by atoms with Crippen molar-refractivity contribution in [2.75, 3.05) is 13.7 Å². The molecule has 1 heterocycles. The van der Waals surface area contributed by atoms with Crippen molar-refractivity contribution < 1.29 is 14.3 Å². The molecule has 0 saturated heterocycles. The van der Waals surface area contributed by atoms with E-state index in [0.29, 0.717) is 23.4 Å². The van der Waals surface area contributed by atoms with Crippen molar-refractivity contribution in [1.82, 2.24) is 4.98 Å². The van der Waals surface area contributed by atoms with Gasteiger partial charge >= 0.3 is 5.97 Å². The highest BCUT2D eigenvalue weighted by atomic mass is 16.5. The molecule has 0 bridgehead atoms. The van der Waals surface area contributed by atoms with Crippen molar-refractivity contribution in [3.63, 3.8) is 0 Å². The van der Waals surface area contributed by atoms with Crippen molar-refractivity contribution in [2.24, 2.45) is 0 Å². The molecule has 88 valence electrons. The van der Waals surface area contributed by atoms with Gasteiger partial charge in [-0.2, -0.15) is 0 Å². The molecule has 0 unspecified atom stereocenters. The lowest BCUT2D eigenvalue weighted by Gasteiger charge is -2.08. The topological polar surface area (TPSA) is 48.4 Å².